The molecule has 0 radical (unpaired) electrons. The van der Waals surface area contributed by atoms with Crippen molar-refractivity contribution in [1.29, 1.82) is 0 Å². The van der Waals surface area contributed by atoms with Crippen molar-refractivity contribution in [3.8, 4) is 0 Å². The first-order valence-electron chi connectivity index (χ1n) is 42.3. The summed E-state index contributed by atoms with van der Waals surface area (Å²) in [6.45, 7) is 26.7. The van der Waals surface area contributed by atoms with Crippen LogP contribution >= 0.6 is 35.7 Å². The van der Waals surface area contributed by atoms with Crippen LogP contribution in [0.2, 0.25) is 0 Å². The summed E-state index contributed by atoms with van der Waals surface area (Å²) < 4.78 is 115. The van der Waals surface area contributed by atoms with Gasteiger partial charge < -0.3 is 74.7 Å². The molecule has 2 unspecified atom stereocenters. The Labute approximate surface area is 749 Å². The van der Waals surface area contributed by atoms with Crippen LogP contribution in [0.1, 0.15) is 123 Å². The van der Waals surface area contributed by atoms with Crippen LogP contribution in [0.25, 0.3) is 0 Å². The van der Waals surface area contributed by atoms with Crippen molar-refractivity contribution in [1.82, 2.24) is 0 Å². The quantitative estimate of drug-likeness (QED) is 0.00786. The molecule has 0 aliphatic carbocycles. The average Bonchev–Trinajstić information content (AvgIpc) is 1.58. The summed E-state index contributed by atoms with van der Waals surface area (Å²) in [7, 11) is 0. The van der Waals surface area contributed by atoms with E-state index in [1.54, 1.807) is 104 Å². The van der Waals surface area contributed by atoms with Gasteiger partial charge in [-0.15, -0.1) is 24.9 Å². The molecular formula is C97H117F5N6O15S3. The van der Waals surface area contributed by atoms with Crippen LogP contribution < -0.4 is 11.5 Å². The smallest absolute Gasteiger partial charge is 0.169 e. The van der Waals surface area contributed by atoms with E-state index in [-0.39, 0.29) is 158 Å². The lowest BCUT2D eigenvalue weighted by atomic mass is 9.67. The summed E-state index contributed by atoms with van der Waals surface area (Å²) in [5.41, 5.74) is 13.9. The second kappa shape index (κ2) is 46.6. The molecule has 7 fully saturated rings. The average molecular weight is 1800 g/mol. The zero-order valence-corrected chi connectivity index (χ0v) is 74.9. The fourth-order valence-electron chi connectivity index (χ4n) is 17.5. The number of carbonyl (C=O) groups is 2. The number of rotatable bonds is 20. The van der Waals surface area contributed by atoms with E-state index in [4.69, 9.17) is 81.7 Å². The first-order chi connectivity index (χ1) is 60.5. The van der Waals surface area contributed by atoms with Crippen LogP contribution in [0.3, 0.4) is 0 Å². The summed E-state index contributed by atoms with van der Waals surface area (Å²) in [5.74, 6) is 0.680. The van der Waals surface area contributed by atoms with E-state index >= 15 is 0 Å². The largest absolute Gasteiger partial charge is 0.411 e. The zero-order chi connectivity index (χ0) is 90.9. The standard InChI is InChI=1S/C22H23FO3S.C21H20FNO2S.C13H15FN2OS.C13H15FO2.C12H16FNO2.C6H9NO2.C6H11NO2.C4H8O/c1-15-19(13-24)22(14-26-15,18-9-5-6-10-20(18)23)12-17(27)11-21(25)16-7-3-2-4-8-16;1-14-17-12-26-20(11-19(24)15-7-3-2-4-8-15)23-21(17,13-25-14)16-9-5-6-10-18(16)22;1-8-10-6-18-12(15)16-13(10,7-17-8)9-4-2-3-5-11(9)14;1-9-11-6-15-7-13(11,8-16-9)10-4-2-3-5-12(10)14;1-8-10(6-15)12(14,7-16-8)9-4-2-3-5-11(9)13;1-4-5-2-9-7-6(5)3-8-4;1-3-6(2)9-5-4-7-8;1-3-4(2)5/h2-10,15,19,24H,11-14H2,1H3;2-10,14,17H,11-13H2,1H3;2-5,8,10H,6-7H2,1H3,(H2,15,16);2-5,9,11H,6-8H2,1H3;2-5,8,10,15H,6-7,14H2,1H3;4-5H,2-3H2,1H3;3-4,6,8H,1,5H2,2H3;3-5H,1H2,2H3/b;;;;;;7-4-;/t15-,19-,22+;14-,17-,21-;8-,10-,13-;9-,11-,13+;8-,10-,12-;4-,5-;;/m111111../s1. The minimum atomic E-state index is -0.931. The molecule has 0 amide bonds. The van der Waals surface area contributed by atoms with Crippen LogP contribution in [-0.2, 0) is 70.2 Å². The number of ether oxygens (including phenoxy) is 8. The number of thiocarbonyl (C=S) groups is 1. The monoisotopic (exact) mass is 1800 g/mol. The van der Waals surface area contributed by atoms with Crippen molar-refractivity contribution in [2.75, 3.05) is 90.8 Å². The molecule has 21 nitrogen and oxygen atoms in total. The maximum absolute atomic E-state index is 14.7. The fourth-order valence-corrected chi connectivity index (χ4v) is 20.4. The predicted octanol–water partition coefficient (Wildman–Crippen LogP) is 15.8. The topological polar surface area (TPSA) is 300 Å². The third kappa shape index (κ3) is 23.7. The number of aliphatic imine (C=N–C) groups is 2. The first kappa shape index (κ1) is 99.6. The molecule has 7 aromatic carbocycles. The molecule has 126 heavy (non-hydrogen) atoms. The molecule has 7 saturated heterocycles. The molecule has 0 aromatic heterocycles. The van der Waals surface area contributed by atoms with Gasteiger partial charge in [0, 0.05) is 92.2 Å². The number of aliphatic hydroxyl groups excluding tert-OH is 3. The number of ketones is 2. The maximum Gasteiger partial charge on any atom is 0.169 e. The van der Waals surface area contributed by atoms with Crippen LogP contribution in [0.5, 0.6) is 0 Å². The molecule has 17 rings (SSSR count). The third-order valence-electron chi connectivity index (χ3n) is 25.0. The molecule has 0 spiro atoms. The lowest BCUT2D eigenvalue weighted by Crippen LogP contribution is -2.47. The van der Waals surface area contributed by atoms with E-state index in [0.29, 0.717) is 108 Å². The van der Waals surface area contributed by atoms with Crippen molar-refractivity contribution in [3.63, 3.8) is 0 Å². The van der Waals surface area contributed by atoms with Gasteiger partial charge in [0.15, 0.2) is 16.7 Å². The summed E-state index contributed by atoms with van der Waals surface area (Å²) in [4.78, 5) is 40.0. The number of nitrogens with two attached hydrogens (primary N) is 2. The van der Waals surface area contributed by atoms with Gasteiger partial charge in [-0.2, -0.15) is 0 Å². The van der Waals surface area contributed by atoms with E-state index in [0.717, 1.165) is 34.4 Å². The van der Waals surface area contributed by atoms with Gasteiger partial charge in [-0.25, -0.2) is 26.9 Å². The predicted molar refractivity (Wildman–Crippen MR) is 486 cm³/mol. The van der Waals surface area contributed by atoms with Crippen molar-refractivity contribution in [2.45, 2.75) is 151 Å². The molecule has 10 aliphatic heterocycles. The highest BCUT2D eigenvalue weighted by Crippen LogP contribution is 2.52. The number of Topliss-reactive ketones (excluding diaryl/α,β-unsaturated/α-hetero) is 2. The summed E-state index contributed by atoms with van der Waals surface area (Å²) in [5, 5.41) is 43.4. The second-order valence-electron chi connectivity index (χ2n) is 32.9. The second-order valence-corrected chi connectivity index (χ2v) is 35.6. The summed E-state index contributed by atoms with van der Waals surface area (Å²) in [6.07, 6.45) is 4.94. The first-order valence-corrected chi connectivity index (χ1v) is 44.7. The van der Waals surface area contributed by atoms with Gasteiger partial charge in [0.1, 0.15) is 46.8 Å². The molecule has 19 atom stereocenters. The van der Waals surface area contributed by atoms with Crippen LogP contribution in [0.15, 0.2) is 228 Å². The Bertz CT molecular complexity index is 4890. The molecule has 10 heterocycles. The molecule has 10 aliphatic rings. The SMILES string of the molecule is C=CC(C)O.C=CC(C)OC/C=N\O.C[C@H]1OCC2=NOC[C@@H]21.C[C@H]1OC[C@@](CC(=S)CC(=O)c2ccccc2)(c2ccccc2F)[C@@H]1CO.C[C@H]1OC[C@@](N)(c2ccccc2F)[C@@H]1CO.C[C@H]1OC[C@]2(c3ccccc3F)COC[C@H]12.C[C@H]1OC[C@]2(c3ccccc3F)N=C(CC(=O)c3ccccc3)SC[C@H]12.C[C@H]1OC[C@]2(c3ccccc3F)N=C(N)SC[C@H]12. The van der Waals surface area contributed by atoms with Crippen LogP contribution in [0, 0.1) is 64.6 Å². The van der Waals surface area contributed by atoms with E-state index in [9.17, 15) is 41.8 Å². The maximum atomic E-state index is 14.7. The number of halogens is 5. The molecule has 678 valence electrons. The van der Waals surface area contributed by atoms with Gasteiger partial charge >= 0.3 is 0 Å². The number of amidine groups is 1. The fraction of sp³-hybridized carbons (Fsp3) is 0.454. The Balaban J connectivity index is 0.000000156. The van der Waals surface area contributed by atoms with Crippen molar-refractivity contribution < 1.29 is 94.8 Å². The number of nitrogens with zero attached hydrogens (tertiary/aromatic N) is 4. The highest BCUT2D eigenvalue weighted by molar-refractivity contribution is 8.14. The molecule has 8 N–H and O–H groups in total. The Kier molecular flexibility index (Phi) is 36.8. The van der Waals surface area contributed by atoms with Gasteiger partial charge in [-0.3, -0.25) is 14.6 Å². The summed E-state index contributed by atoms with van der Waals surface area (Å²) in [6, 6.07) is 51.7. The molecule has 7 aromatic rings. The Morgan fingerprint density at radius 2 is 1.02 bits per heavy atom. The van der Waals surface area contributed by atoms with Gasteiger partial charge in [0.25, 0.3) is 0 Å². The number of oxime groups is 2. The number of hydrogen-bond acceptors (Lipinski definition) is 24. The number of hydrogen-bond donors (Lipinski definition) is 6. The minimum Gasteiger partial charge on any atom is -0.411 e. The number of fused-ring (bicyclic) bond motifs is 4. The zero-order valence-electron chi connectivity index (χ0n) is 72.4. The van der Waals surface area contributed by atoms with E-state index in [1.165, 1.54) is 54.4 Å². The lowest BCUT2D eigenvalue weighted by Gasteiger charge is -2.36. The third-order valence-corrected chi connectivity index (χ3v) is 27.3. The molecule has 0 saturated carbocycles. The van der Waals surface area contributed by atoms with Crippen molar-refractivity contribution >= 4 is 74.3 Å². The van der Waals surface area contributed by atoms with Gasteiger partial charge in [-0.05, 0) is 103 Å². The number of benzene rings is 7. The molecule has 29 heteroatoms. The van der Waals surface area contributed by atoms with E-state index in [1.807, 2.05) is 114 Å². The Morgan fingerprint density at radius 3 is 1.54 bits per heavy atom. The van der Waals surface area contributed by atoms with Crippen molar-refractivity contribution in [2.24, 2.45) is 67.3 Å². The highest BCUT2D eigenvalue weighted by atomic mass is 32.2. The minimum absolute atomic E-state index is 0.0113. The number of carbonyl (C=O) groups excluding carboxylic acids is 2. The van der Waals surface area contributed by atoms with Gasteiger partial charge in [-0.1, -0.05) is 198 Å². The lowest BCUT2D eigenvalue weighted by molar-refractivity contribution is 0.0576. The number of thioether (sulfide) groups is 2. The van der Waals surface area contributed by atoms with Crippen molar-refractivity contribution in [3.05, 3.63) is 275 Å². The number of aliphatic hydroxyl groups is 3. The van der Waals surface area contributed by atoms with Crippen LogP contribution in [-0.4, -0.2) is 199 Å². The molecular weight excluding hydrogens is 1680 g/mol. The van der Waals surface area contributed by atoms with Gasteiger partial charge in [0.05, 0.1) is 155 Å². The molecule has 0 bridgehead atoms. The van der Waals surface area contributed by atoms with Gasteiger partial charge in [0.2, 0.25) is 0 Å². The normalized spacial score (nSPS) is 29.5. The van der Waals surface area contributed by atoms with E-state index < -0.39 is 22.0 Å². The van der Waals surface area contributed by atoms with E-state index in [2.05, 4.69) is 35.4 Å². The Hall–Kier alpha value is -8.60. The van der Waals surface area contributed by atoms with Crippen LogP contribution in [0.4, 0.5) is 22.0 Å². The Morgan fingerprint density at radius 1 is 0.563 bits per heavy atom. The highest BCUT2D eigenvalue weighted by Gasteiger charge is 2.57. The summed E-state index contributed by atoms with van der Waals surface area (Å²) >= 11 is 8.66.